The third kappa shape index (κ3) is 6.33. The second-order valence-corrected chi connectivity index (χ2v) is 11.3. The fourth-order valence-electron chi connectivity index (χ4n) is 2.56. The molecule has 0 aliphatic carbocycles. The van der Waals surface area contributed by atoms with E-state index >= 15 is 0 Å². The number of hydrogen-bond acceptors (Lipinski definition) is 5. The van der Waals surface area contributed by atoms with Crippen LogP contribution in [0.1, 0.15) is 18.5 Å². The molecule has 1 N–H and O–H groups in total. The maximum absolute atomic E-state index is 12.5. The van der Waals surface area contributed by atoms with Crippen molar-refractivity contribution in [2.24, 2.45) is 0 Å². The largest absolute Gasteiger partial charge is 0.348 e. The summed E-state index contributed by atoms with van der Waals surface area (Å²) in [4.78, 5) is 12.7. The van der Waals surface area contributed by atoms with E-state index in [0.29, 0.717) is 5.56 Å². The van der Waals surface area contributed by atoms with Crippen molar-refractivity contribution in [3.8, 4) is 0 Å². The Morgan fingerprint density at radius 2 is 1.62 bits per heavy atom. The molecule has 2 aromatic rings. The summed E-state index contributed by atoms with van der Waals surface area (Å²) in [5, 5.41) is 3.10. The van der Waals surface area contributed by atoms with Crippen molar-refractivity contribution in [2.45, 2.75) is 17.9 Å². The number of rotatable bonds is 7. The maximum Gasteiger partial charge on any atom is 0.241 e. The molecule has 0 heterocycles. The van der Waals surface area contributed by atoms with E-state index in [1.165, 1.54) is 30.3 Å². The zero-order chi connectivity index (χ0) is 22.0. The van der Waals surface area contributed by atoms with Gasteiger partial charge in [0.05, 0.1) is 27.9 Å². The molecule has 0 aliphatic rings. The quantitative estimate of drug-likeness (QED) is 0.658. The minimum atomic E-state index is -3.81. The van der Waals surface area contributed by atoms with E-state index in [4.69, 9.17) is 23.2 Å². The lowest BCUT2D eigenvalue weighted by Gasteiger charge is -2.24. The van der Waals surface area contributed by atoms with Gasteiger partial charge in [-0.25, -0.2) is 16.8 Å². The van der Waals surface area contributed by atoms with Gasteiger partial charge < -0.3 is 5.32 Å². The summed E-state index contributed by atoms with van der Waals surface area (Å²) in [6.45, 7) is 1.20. The molecule has 11 heteroatoms. The molecule has 1 atom stereocenters. The number of benzene rings is 2. The average molecular weight is 479 g/mol. The van der Waals surface area contributed by atoms with Crippen LogP contribution in [-0.2, 0) is 24.7 Å². The molecule has 0 fully saturated rings. The van der Waals surface area contributed by atoms with Crippen molar-refractivity contribution >= 4 is 54.7 Å². The van der Waals surface area contributed by atoms with Gasteiger partial charge in [-0.3, -0.25) is 9.10 Å². The molecule has 1 amide bonds. The fourth-order valence-corrected chi connectivity index (χ4v) is 4.49. The van der Waals surface area contributed by atoms with Gasteiger partial charge in [-0.15, -0.1) is 0 Å². The van der Waals surface area contributed by atoms with Crippen molar-refractivity contribution in [1.29, 1.82) is 0 Å². The Kier molecular flexibility index (Phi) is 7.21. The highest BCUT2D eigenvalue weighted by molar-refractivity contribution is 7.92. The van der Waals surface area contributed by atoms with Crippen LogP contribution in [0.2, 0.25) is 10.0 Å². The summed E-state index contributed by atoms with van der Waals surface area (Å²) < 4.78 is 48.4. The second-order valence-electron chi connectivity index (χ2n) is 6.50. The minimum absolute atomic E-state index is 0.0991. The van der Waals surface area contributed by atoms with Gasteiger partial charge in [0, 0.05) is 11.3 Å². The van der Waals surface area contributed by atoms with Crippen molar-refractivity contribution in [3.05, 3.63) is 58.1 Å². The minimum Gasteiger partial charge on any atom is -0.348 e. The molecule has 0 saturated heterocycles. The van der Waals surface area contributed by atoms with Gasteiger partial charge in [0.1, 0.15) is 6.54 Å². The molecular formula is C18H20Cl2N2O5S2. The first-order valence-electron chi connectivity index (χ1n) is 8.31. The molecule has 0 saturated carbocycles. The summed E-state index contributed by atoms with van der Waals surface area (Å²) in [5.74, 6) is -0.564. The first-order valence-corrected chi connectivity index (χ1v) is 12.8. The van der Waals surface area contributed by atoms with Crippen molar-refractivity contribution < 1.29 is 21.6 Å². The first kappa shape index (κ1) is 23.5. The fraction of sp³-hybridized carbons (Fsp3) is 0.278. The highest BCUT2D eigenvalue weighted by atomic mass is 35.5. The van der Waals surface area contributed by atoms with E-state index in [9.17, 15) is 21.6 Å². The van der Waals surface area contributed by atoms with Crippen molar-refractivity contribution in [3.63, 3.8) is 0 Å². The molecule has 7 nitrogen and oxygen atoms in total. The molecule has 0 radical (unpaired) electrons. The third-order valence-electron chi connectivity index (χ3n) is 4.05. The highest BCUT2D eigenvalue weighted by Gasteiger charge is 2.24. The molecule has 2 aromatic carbocycles. The van der Waals surface area contributed by atoms with Crippen LogP contribution in [0, 0.1) is 0 Å². The number of anilines is 1. The number of carbonyl (C=O) groups excluding carboxylic acids is 1. The van der Waals surface area contributed by atoms with Gasteiger partial charge in [-0.2, -0.15) is 0 Å². The van der Waals surface area contributed by atoms with E-state index in [1.54, 1.807) is 19.1 Å². The summed E-state index contributed by atoms with van der Waals surface area (Å²) in [6.07, 6.45) is 2.07. The number of carbonyl (C=O) groups is 1. The Morgan fingerprint density at radius 3 is 2.14 bits per heavy atom. The molecular weight excluding hydrogens is 459 g/mol. The van der Waals surface area contributed by atoms with Gasteiger partial charge in [0.25, 0.3) is 0 Å². The normalized spacial score (nSPS) is 13.0. The number of sulfone groups is 1. The topological polar surface area (TPSA) is 101 Å². The average Bonchev–Trinajstić information content (AvgIpc) is 2.60. The van der Waals surface area contributed by atoms with Crippen LogP contribution >= 0.6 is 23.2 Å². The van der Waals surface area contributed by atoms with Crippen LogP contribution in [0.15, 0.2) is 47.4 Å². The number of halogens is 2. The monoisotopic (exact) mass is 478 g/mol. The number of hydrogen-bond donors (Lipinski definition) is 1. The predicted octanol–water partition coefficient (Wildman–Crippen LogP) is 3.04. The standard InChI is InChI=1S/C18H20Cl2N2O5S2/c1-12(13-4-7-15(8-5-13)28(2,24)25)21-18(23)11-22(29(3,26)27)17-10-14(19)6-9-16(17)20/h4-10,12H,11H2,1-3H3,(H,21,23). The number of sulfonamides is 1. The number of amides is 1. The third-order valence-corrected chi connectivity index (χ3v) is 6.86. The lowest BCUT2D eigenvalue weighted by Crippen LogP contribution is -2.41. The molecule has 0 bridgehead atoms. The smallest absolute Gasteiger partial charge is 0.241 e. The molecule has 0 aliphatic heterocycles. The Balaban J connectivity index is 2.19. The molecule has 0 spiro atoms. The Morgan fingerprint density at radius 1 is 1.03 bits per heavy atom. The zero-order valence-corrected chi connectivity index (χ0v) is 19.0. The van der Waals surface area contributed by atoms with E-state index in [0.717, 1.165) is 16.8 Å². The van der Waals surface area contributed by atoms with Crippen LogP contribution in [0.3, 0.4) is 0 Å². The summed E-state index contributed by atoms with van der Waals surface area (Å²) in [5.41, 5.74) is 0.763. The van der Waals surface area contributed by atoms with Crippen LogP contribution in [0.5, 0.6) is 0 Å². The maximum atomic E-state index is 12.5. The molecule has 2 rings (SSSR count). The van der Waals surface area contributed by atoms with Crippen LogP contribution in [-0.4, -0.2) is 41.8 Å². The van der Waals surface area contributed by atoms with Crippen LogP contribution < -0.4 is 9.62 Å². The first-order chi connectivity index (χ1) is 13.3. The van der Waals surface area contributed by atoms with Gasteiger partial charge in [0.15, 0.2) is 9.84 Å². The SMILES string of the molecule is CC(NC(=O)CN(c1cc(Cl)ccc1Cl)S(C)(=O)=O)c1ccc(S(C)(=O)=O)cc1. The molecule has 29 heavy (non-hydrogen) atoms. The van der Waals surface area contributed by atoms with Crippen LogP contribution in [0.25, 0.3) is 0 Å². The Hall–Kier alpha value is -1.81. The molecule has 158 valence electrons. The molecule has 0 aromatic heterocycles. The second kappa shape index (κ2) is 8.91. The zero-order valence-electron chi connectivity index (χ0n) is 15.9. The van der Waals surface area contributed by atoms with E-state index in [2.05, 4.69) is 5.32 Å². The summed E-state index contributed by atoms with van der Waals surface area (Å²) in [6, 6.07) is 9.91. The van der Waals surface area contributed by atoms with Gasteiger partial charge in [0.2, 0.25) is 15.9 Å². The van der Waals surface area contributed by atoms with Gasteiger partial charge in [-0.05, 0) is 42.8 Å². The van der Waals surface area contributed by atoms with E-state index in [1.807, 2.05) is 0 Å². The van der Waals surface area contributed by atoms with Crippen LogP contribution in [0.4, 0.5) is 5.69 Å². The Labute approximate surface area is 180 Å². The van der Waals surface area contributed by atoms with Gasteiger partial charge >= 0.3 is 0 Å². The predicted molar refractivity (Wildman–Crippen MR) is 115 cm³/mol. The lowest BCUT2D eigenvalue weighted by molar-refractivity contribution is -0.120. The van der Waals surface area contributed by atoms with Crippen molar-refractivity contribution in [1.82, 2.24) is 5.32 Å². The van der Waals surface area contributed by atoms with E-state index in [-0.39, 0.29) is 20.6 Å². The lowest BCUT2D eigenvalue weighted by atomic mass is 10.1. The Bertz CT molecular complexity index is 1120. The number of nitrogens with zero attached hydrogens (tertiary/aromatic N) is 1. The van der Waals surface area contributed by atoms with E-state index < -0.39 is 38.4 Å². The van der Waals surface area contributed by atoms with Gasteiger partial charge in [-0.1, -0.05) is 35.3 Å². The summed E-state index contributed by atoms with van der Waals surface area (Å²) in [7, 11) is -7.13. The van der Waals surface area contributed by atoms with Crippen molar-refractivity contribution in [2.75, 3.05) is 23.4 Å². The highest BCUT2D eigenvalue weighted by Crippen LogP contribution is 2.30. The summed E-state index contributed by atoms with van der Waals surface area (Å²) >= 11 is 12.0. The molecule has 1 unspecified atom stereocenters. The number of nitrogens with one attached hydrogen (secondary N) is 1.